The number of ether oxygens (including phenoxy) is 3. The molecule has 0 bridgehead atoms. The Balaban J connectivity index is 2.56. The molecule has 0 saturated carbocycles. The number of hydrogen-bond donors (Lipinski definition) is 1. The highest BCUT2D eigenvalue weighted by atomic mass is 16.6. The number of benzene rings is 1. The number of carbonyl (C=O) groups is 2. The maximum atomic E-state index is 12.1. The predicted octanol–water partition coefficient (Wildman–Crippen LogP) is 2.06. The summed E-state index contributed by atoms with van der Waals surface area (Å²) in [4.78, 5) is 24.0. The van der Waals surface area contributed by atoms with Crippen molar-refractivity contribution in [1.29, 1.82) is 5.26 Å². The van der Waals surface area contributed by atoms with Crippen LogP contribution in [-0.4, -0.2) is 37.2 Å². The zero-order valence-electron chi connectivity index (χ0n) is 15.2. The highest BCUT2D eigenvalue weighted by Crippen LogP contribution is 2.25. The highest BCUT2D eigenvalue weighted by Gasteiger charge is 2.32. The smallest absolute Gasteiger partial charge is 0.344 e. The molecule has 136 valence electrons. The van der Waals surface area contributed by atoms with Crippen molar-refractivity contribution in [3.8, 4) is 17.6 Å². The van der Waals surface area contributed by atoms with Crippen LogP contribution in [0.4, 0.5) is 0 Å². The zero-order valence-corrected chi connectivity index (χ0v) is 15.2. The molecular formula is C18H24N2O5. The highest BCUT2D eigenvalue weighted by molar-refractivity contribution is 5.84. The van der Waals surface area contributed by atoms with Gasteiger partial charge in [0.2, 0.25) is 0 Å². The standard InChI is InChI=1S/C18H24N2O5/c1-12(2)18(4,11-19)20-17(22)13(3)25-16(21)10-24-15-9-7-6-8-14(15)23-5/h6-9,12-13H,10H2,1-5H3,(H,20,22). The van der Waals surface area contributed by atoms with E-state index in [1.165, 1.54) is 14.0 Å². The number of carbonyl (C=O) groups excluding carboxylic acids is 2. The Hall–Kier alpha value is -2.75. The molecule has 0 spiro atoms. The third-order valence-electron chi connectivity index (χ3n) is 3.86. The van der Waals surface area contributed by atoms with E-state index in [1.54, 1.807) is 31.2 Å². The van der Waals surface area contributed by atoms with Gasteiger partial charge in [-0.2, -0.15) is 5.26 Å². The van der Waals surface area contributed by atoms with E-state index in [0.29, 0.717) is 11.5 Å². The summed E-state index contributed by atoms with van der Waals surface area (Å²) in [7, 11) is 1.49. The molecule has 2 unspecified atom stereocenters. The third-order valence-corrected chi connectivity index (χ3v) is 3.86. The van der Waals surface area contributed by atoms with Gasteiger partial charge in [-0.15, -0.1) is 0 Å². The van der Waals surface area contributed by atoms with E-state index < -0.39 is 23.5 Å². The summed E-state index contributed by atoms with van der Waals surface area (Å²) >= 11 is 0. The van der Waals surface area contributed by atoms with Crippen LogP contribution in [0.1, 0.15) is 27.7 Å². The zero-order chi connectivity index (χ0) is 19.0. The van der Waals surface area contributed by atoms with E-state index >= 15 is 0 Å². The van der Waals surface area contributed by atoms with E-state index in [2.05, 4.69) is 11.4 Å². The Morgan fingerprint density at radius 1 is 1.24 bits per heavy atom. The van der Waals surface area contributed by atoms with Crippen molar-refractivity contribution in [2.75, 3.05) is 13.7 Å². The summed E-state index contributed by atoms with van der Waals surface area (Å²) in [6, 6.07) is 8.94. The average molecular weight is 348 g/mol. The number of rotatable bonds is 8. The quantitative estimate of drug-likeness (QED) is 0.722. The molecule has 0 aliphatic carbocycles. The van der Waals surface area contributed by atoms with Crippen LogP contribution in [0.15, 0.2) is 24.3 Å². The van der Waals surface area contributed by atoms with Gasteiger partial charge in [-0.25, -0.2) is 4.79 Å². The maximum Gasteiger partial charge on any atom is 0.344 e. The summed E-state index contributed by atoms with van der Waals surface area (Å²) in [6.07, 6.45) is -1.04. The lowest BCUT2D eigenvalue weighted by Crippen LogP contribution is -2.52. The van der Waals surface area contributed by atoms with E-state index in [-0.39, 0.29) is 12.5 Å². The molecule has 25 heavy (non-hydrogen) atoms. The molecule has 1 N–H and O–H groups in total. The topological polar surface area (TPSA) is 97.7 Å². The van der Waals surface area contributed by atoms with Crippen molar-refractivity contribution < 1.29 is 23.8 Å². The second-order valence-electron chi connectivity index (χ2n) is 6.03. The van der Waals surface area contributed by atoms with Gasteiger partial charge in [-0.1, -0.05) is 26.0 Å². The molecule has 7 nitrogen and oxygen atoms in total. The van der Waals surface area contributed by atoms with Gasteiger partial charge in [0.25, 0.3) is 5.91 Å². The van der Waals surface area contributed by atoms with E-state index in [0.717, 1.165) is 0 Å². The summed E-state index contributed by atoms with van der Waals surface area (Å²) in [5, 5.41) is 11.8. The fourth-order valence-corrected chi connectivity index (χ4v) is 1.82. The van der Waals surface area contributed by atoms with Crippen molar-refractivity contribution in [1.82, 2.24) is 5.32 Å². The molecule has 2 atom stereocenters. The van der Waals surface area contributed by atoms with Crippen LogP contribution in [-0.2, 0) is 14.3 Å². The lowest BCUT2D eigenvalue weighted by molar-refractivity contribution is -0.157. The van der Waals surface area contributed by atoms with Gasteiger partial charge in [-0.05, 0) is 31.9 Å². The number of nitrogens with zero attached hydrogens (tertiary/aromatic N) is 1. The van der Waals surface area contributed by atoms with Gasteiger partial charge in [-0.3, -0.25) is 4.79 Å². The van der Waals surface area contributed by atoms with E-state index in [9.17, 15) is 14.9 Å². The van der Waals surface area contributed by atoms with E-state index in [4.69, 9.17) is 14.2 Å². The first-order valence-corrected chi connectivity index (χ1v) is 7.92. The normalized spacial score (nSPS) is 14.0. The number of hydrogen-bond acceptors (Lipinski definition) is 6. The first kappa shape index (κ1) is 20.3. The molecule has 1 amide bonds. The Bertz CT molecular complexity index is 653. The maximum absolute atomic E-state index is 12.1. The van der Waals surface area contributed by atoms with Crippen molar-refractivity contribution in [3.63, 3.8) is 0 Å². The van der Waals surface area contributed by atoms with Crippen molar-refractivity contribution in [2.45, 2.75) is 39.3 Å². The van der Waals surface area contributed by atoms with Crippen molar-refractivity contribution >= 4 is 11.9 Å². The Kier molecular flexibility index (Phi) is 7.24. The fourth-order valence-electron chi connectivity index (χ4n) is 1.82. The minimum atomic E-state index is -1.04. The summed E-state index contributed by atoms with van der Waals surface area (Å²) < 4.78 is 15.5. The van der Waals surface area contributed by atoms with Crippen LogP contribution in [0, 0.1) is 17.2 Å². The minimum Gasteiger partial charge on any atom is -0.493 e. The molecule has 0 fully saturated rings. The number of amides is 1. The first-order valence-electron chi connectivity index (χ1n) is 7.92. The molecule has 0 aliphatic rings. The molecule has 1 aromatic carbocycles. The predicted molar refractivity (Wildman–Crippen MR) is 91.0 cm³/mol. The molecule has 0 aromatic heterocycles. The Labute approximate surface area is 147 Å². The van der Waals surface area contributed by atoms with Gasteiger partial charge in [0, 0.05) is 0 Å². The Morgan fingerprint density at radius 2 is 1.84 bits per heavy atom. The number of para-hydroxylation sites is 2. The summed E-state index contributed by atoms with van der Waals surface area (Å²) in [5.41, 5.74) is -1.04. The van der Waals surface area contributed by atoms with Gasteiger partial charge in [0.05, 0.1) is 13.2 Å². The van der Waals surface area contributed by atoms with E-state index in [1.807, 2.05) is 13.8 Å². The van der Waals surface area contributed by atoms with Crippen LogP contribution in [0.25, 0.3) is 0 Å². The number of methoxy groups -OCH3 is 1. The Morgan fingerprint density at radius 3 is 2.36 bits per heavy atom. The second kappa shape index (κ2) is 8.92. The number of esters is 1. The lowest BCUT2D eigenvalue weighted by Gasteiger charge is -2.28. The molecule has 0 radical (unpaired) electrons. The van der Waals surface area contributed by atoms with Crippen LogP contribution in [0.3, 0.4) is 0 Å². The first-order chi connectivity index (χ1) is 11.7. The SMILES string of the molecule is COc1ccccc1OCC(=O)OC(C)C(=O)NC(C)(C#N)C(C)C. The molecule has 0 saturated heterocycles. The minimum absolute atomic E-state index is 0.0989. The van der Waals surface area contributed by atoms with Gasteiger partial charge < -0.3 is 19.5 Å². The molecule has 0 aliphatic heterocycles. The van der Waals surface area contributed by atoms with Gasteiger partial charge >= 0.3 is 5.97 Å². The second-order valence-corrected chi connectivity index (χ2v) is 6.03. The molecule has 7 heteroatoms. The van der Waals surface area contributed by atoms with Crippen LogP contribution < -0.4 is 14.8 Å². The van der Waals surface area contributed by atoms with Gasteiger partial charge in [0.1, 0.15) is 5.54 Å². The van der Waals surface area contributed by atoms with Crippen molar-refractivity contribution in [3.05, 3.63) is 24.3 Å². The van der Waals surface area contributed by atoms with Crippen molar-refractivity contribution in [2.24, 2.45) is 5.92 Å². The number of nitrogens with one attached hydrogen (secondary N) is 1. The van der Waals surface area contributed by atoms with Crippen LogP contribution in [0.5, 0.6) is 11.5 Å². The monoisotopic (exact) mass is 348 g/mol. The lowest BCUT2D eigenvalue weighted by atomic mass is 9.90. The van der Waals surface area contributed by atoms with Gasteiger partial charge in [0.15, 0.2) is 24.2 Å². The molecule has 1 aromatic rings. The largest absolute Gasteiger partial charge is 0.493 e. The third kappa shape index (κ3) is 5.68. The fraction of sp³-hybridized carbons (Fsp3) is 0.500. The van der Waals surface area contributed by atoms with Crippen LogP contribution >= 0.6 is 0 Å². The summed E-state index contributed by atoms with van der Waals surface area (Å²) in [5.74, 6) is -0.447. The molecule has 0 heterocycles. The van der Waals surface area contributed by atoms with Crippen LogP contribution in [0.2, 0.25) is 0 Å². The summed E-state index contributed by atoms with van der Waals surface area (Å²) in [6.45, 7) is 6.34. The number of nitriles is 1. The average Bonchev–Trinajstić information content (AvgIpc) is 2.59. The molecular weight excluding hydrogens is 324 g/mol. The molecule has 1 rings (SSSR count).